The first-order valence-corrected chi connectivity index (χ1v) is 11.9. The summed E-state index contributed by atoms with van der Waals surface area (Å²) in [5.74, 6) is 1.98. The van der Waals surface area contributed by atoms with Crippen LogP contribution < -0.4 is 14.4 Å². The summed E-state index contributed by atoms with van der Waals surface area (Å²) >= 11 is 12.1. The first kappa shape index (κ1) is 24.1. The van der Waals surface area contributed by atoms with Gasteiger partial charge in [-0.15, -0.1) is 10.2 Å². The molecule has 1 aromatic heterocycles. The Labute approximate surface area is 209 Å². The molecule has 4 rings (SSSR count). The predicted molar refractivity (Wildman–Crippen MR) is 134 cm³/mol. The molecule has 0 N–H and O–H groups in total. The van der Waals surface area contributed by atoms with Crippen molar-refractivity contribution in [2.24, 2.45) is 0 Å². The smallest absolute Gasteiger partial charge is 0.263 e. The summed E-state index contributed by atoms with van der Waals surface area (Å²) in [4.78, 5) is 16.8. The van der Waals surface area contributed by atoms with Crippen molar-refractivity contribution >= 4 is 34.9 Å². The molecule has 0 bridgehead atoms. The topological polar surface area (TPSA) is 67.8 Å². The molecule has 178 valence electrons. The number of aromatic nitrogens is 2. The minimum Gasteiger partial charge on any atom is -0.494 e. The van der Waals surface area contributed by atoms with Crippen LogP contribution in [0.2, 0.25) is 10.0 Å². The molecule has 7 nitrogen and oxygen atoms in total. The standard InChI is InChI=1S/C25H26Cl2N4O3/c1-3-33-20-7-4-18(5-8-20)22-9-11-24(29-28-22)30-12-14-31(15-13-30)25(32)17(2)34-23-10-6-19(26)16-21(23)27/h4-11,16-17H,3,12-15H2,1-2H3. The molecule has 0 radical (unpaired) electrons. The maximum absolute atomic E-state index is 12.9. The number of carbonyl (C=O) groups is 1. The lowest BCUT2D eigenvalue weighted by molar-refractivity contribution is -0.138. The fourth-order valence-corrected chi connectivity index (χ4v) is 4.21. The van der Waals surface area contributed by atoms with Gasteiger partial charge in [-0.2, -0.15) is 0 Å². The number of amides is 1. The number of nitrogens with zero attached hydrogens (tertiary/aromatic N) is 4. The number of anilines is 1. The lowest BCUT2D eigenvalue weighted by Crippen LogP contribution is -2.52. The molecule has 9 heteroatoms. The molecule has 34 heavy (non-hydrogen) atoms. The van der Waals surface area contributed by atoms with Gasteiger partial charge in [0.25, 0.3) is 5.91 Å². The molecule has 0 spiro atoms. The second-order valence-corrected chi connectivity index (χ2v) is 8.72. The highest BCUT2D eigenvalue weighted by molar-refractivity contribution is 6.35. The first-order valence-electron chi connectivity index (χ1n) is 11.2. The summed E-state index contributed by atoms with van der Waals surface area (Å²) < 4.78 is 11.3. The van der Waals surface area contributed by atoms with Crippen LogP contribution in [0.5, 0.6) is 11.5 Å². The van der Waals surface area contributed by atoms with Gasteiger partial charge in [-0.05, 0) is 68.4 Å². The summed E-state index contributed by atoms with van der Waals surface area (Å²) in [7, 11) is 0. The van der Waals surface area contributed by atoms with Crippen molar-refractivity contribution in [2.75, 3.05) is 37.7 Å². The third-order valence-electron chi connectivity index (χ3n) is 5.57. The van der Waals surface area contributed by atoms with E-state index < -0.39 is 6.10 Å². The van der Waals surface area contributed by atoms with Crippen LogP contribution in [-0.2, 0) is 4.79 Å². The van der Waals surface area contributed by atoms with Crippen LogP contribution in [0.25, 0.3) is 11.3 Å². The molecule has 0 aliphatic carbocycles. The van der Waals surface area contributed by atoms with Gasteiger partial charge in [0, 0.05) is 36.8 Å². The van der Waals surface area contributed by atoms with Gasteiger partial charge < -0.3 is 19.3 Å². The molecule has 1 amide bonds. The van der Waals surface area contributed by atoms with Crippen molar-refractivity contribution in [3.63, 3.8) is 0 Å². The summed E-state index contributed by atoms with van der Waals surface area (Å²) in [5.41, 5.74) is 1.78. The average Bonchev–Trinajstić information content (AvgIpc) is 2.86. The van der Waals surface area contributed by atoms with E-state index in [2.05, 4.69) is 15.1 Å². The van der Waals surface area contributed by atoms with E-state index in [4.69, 9.17) is 32.7 Å². The molecular formula is C25H26Cl2N4O3. The zero-order valence-corrected chi connectivity index (χ0v) is 20.6. The van der Waals surface area contributed by atoms with E-state index in [1.807, 2.05) is 43.3 Å². The Morgan fingerprint density at radius 2 is 1.74 bits per heavy atom. The molecular weight excluding hydrogens is 475 g/mol. The van der Waals surface area contributed by atoms with Crippen molar-refractivity contribution in [1.82, 2.24) is 15.1 Å². The normalized spacial score (nSPS) is 14.6. The van der Waals surface area contributed by atoms with Crippen molar-refractivity contribution in [2.45, 2.75) is 20.0 Å². The van der Waals surface area contributed by atoms with Gasteiger partial charge in [-0.25, -0.2) is 0 Å². The molecule has 1 atom stereocenters. The van der Waals surface area contributed by atoms with Gasteiger partial charge in [-0.3, -0.25) is 4.79 Å². The number of rotatable bonds is 7. The zero-order chi connectivity index (χ0) is 24.1. The van der Waals surface area contributed by atoms with Crippen LogP contribution in [0.4, 0.5) is 5.82 Å². The number of halogens is 2. The maximum atomic E-state index is 12.9. The van der Waals surface area contributed by atoms with Gasteiger partial charge in [0.2, 0.25) is 0 Å². The molecule has 2 heterocycles. The molecule has 2 aromatic carbocycles. The Hall–Kier alpha value is -3.03. The Balaban J connectivity index is 1.31. The summed E-state index contributed by atoms with van der Waals surface area (Å²) in [6.45, 7) is 6.79. The van der Waals surface area contributed by atoms with E-state index >= 15 is 0 Å². The fraction of sp³-hybridized carbons (Fsp3) is 0.320. The third kappa shape index (κ3) is 5.72. The number of hydrogen-bond acceptors (Lipinski definition) is 6. The van der Waals surface area contributed by atoms with Crippen LogP contribution in [0.3, 0.4) is 0 Å². The Kier molecular flexibility index (Phi) is 7.75. The zero-order valence-electron chi connectivity index (χ0n) is 19.1. The lowest BCUT2D eigenvalue weighted by atomic mass is 10.1. The molecule has 1 fully saturated rings. The highest BCUT2D eigenvalue weighted by Crippen LogP contribution is 2.29. The van der Waals surface area contributed by atoms with E-state index in [0.29, 0.717) is 48.6 Å². The minimum absolute atomic E-state index is 0.0809. The molecule has 1 aliphatic heterocycles. The summed E-state index contributed by atoms with van der Waals surface area (Å²) in [5, 5.41) is 9.69. The number of carbonyl (C=O) groups excluding carboxylic acids is 1. The van der Waals surface area contributed by atoms with Crippen LogP contribution in [0.1, 0.15) is 13.8 Å². The number of piperazine rings is 1. The highest BCUT2D eigenvalue weighted by Gasteiger charge is 2.27. The molecule has 0 saturated carbocycles. The third-order valence-corrected chi connectivity index (χ3v) is 6.10. The second kappa shape index (κ2) is 10.9. The Morgan fingerprint density at radius 1 is 1.00 bits per heavy atom. The number of ether oxygens (including phenoxy) is 2. The van der Waals surface area contributed by atoms with Crippen molar-refractivity contribution in [1.29, 1.82) is 0 Å². The molecule has 1 aliphatic rings. The van der Waals surface area contributed by atoms with Crippen LogP contribution in [0.15, 0.2) is 54.6 Å². The van der Waals surface area contributed by atoms with Gasteiger partial charge in [0.05, 0.1) is 17.3 Å². The monoisotopic (exact) mass is 500 g/mol. The van der Waals surface area contributed by atoms with Crippen molar-refractivity contribution in [3.8, 4) is 22.8 Å². The van der Waals surface area contributed by atoms with Crippen molar-refractivity contribution in [3.05, 3.63) is 64.6 Å². The predicted octanol–water partition coefficient (Wildman–Crippen LogP) is 4.97. The van der Waals surface area contributed by atoms with Gasteiger partial charge in [0.15, 0.2) is 11.9 Å². The Morgan fingerprint density at radius 3 is 2.35 bits per heavy atom. The quantitative estimate of drug-likeness (QED) is 0.456. The van der Waals surface area contributed by atoms with E-state index in [0.717, 1.165) is 22.8 Å². The van der Waals surface area contributed by atoms with E-state index in [1.54, 1.807) is 30.0 Å². The van der Waals surface area contributed by atoms with E-state index in [9.17, 15) is 4.79 Å². The average molecular weight is 501 g/mol. The number of hydrogen-bond donors (Lipinski definition) is 0. The first-order chi connectivity index (χ1) is 16.4. The molecule has 1 saturated heterocycles. The van der Waals surface area contributed by atoms with Crippen molar-refractivity contribution < 1.29 is 14.3 Å². The number of benzene rings is 2. The van der Waals surface area contributed by atoms with Crippen LogP contribution in [0, 0.1) is 0 Å². The Bertz CT molecular complexity index is 1120. The van der Waals surface area contributed by atoms with Crippen LogP contribution >= 0.6 is 23.2 Å². The van der Waals surface area contributed by atoms with Gasteiger partial charge in [-0.1, -0.05) is 23.2 Å². The molecule has 1 unspecified atom stereocenters. The SMILES string of the molecule is CCOc1ccc(-c2ccc(N3CCN(C(=O)C(C)Oc4ccc(Cl)cc4Cl)CC3)nn2)cc1. The minimum atomic E-state index is -0.654. The largest absolute Gasteiger partial charge is 0.494 e. The van der Waals surface area contributed by atoms with E-state index in [1.165, 1.54) is 0 Å². The van der Waals surface area contributed by atoms with Crippen LogP contribution in [-0.4, -0.2) is 59.9 Å². The molecule has 3 aromatic rings. The maximum Gasteiger partial charge on any atom is 0.263 e. The second-order valence-electron chi connectivity index (χ2n) is 7.88. The lowest BCUT2D eigenvalue weighted by Gasteiger charge is -2.36. The van der Waals surface area contributed by atoms with Gasteiger partial charge >= 0.3 is 0 Å². The highest BCUT2D eigenvalue weighted by atomic mass is 35.5. The van der Waals surface area contributed by atoms with E-state index in [-0.39, 0.29) is 5.91 Å². The fourth-order valence-electron chi connectivity index (χ4n) is 3.76. The summed E-state index contributed by atoms with van der Waals surface area (Å²) in [6.07, 6.45) is -0.654. The van der Waals surface area contributed by atoms with Gasteiger partial charge in [0.1, 0.15) is 11.5 Å². The summed E-state index contributed by atoms with van der Waals surface area (Å²) in [6, 6.07) is 16.7.